The molecule has 0 bridgehead atoms. The molecule has 0 aliphatic heterocycles. The number of carbonyl (C=O) groups excluding carboxylic acids is 3. The number of carbonyl (C=O) groups is 3. The second-order valence-corrected chi connectivity index (χ2v) is 8.95. The van der Waals surface area contributed by atoms with Gasteiger partial charge in [0.25, 0.3) is 5.91 Å². The lowest BCUT2D eigenvalue weighted by molar-refractivity contribution is -0.123. The normalized spacial score (nSPS) is 10.6. The van der Waals surface area contributed by atoms with Crippen molar-refractivity contribution in [3.63, 3.8) is 0 Å². The highest BCUT2D eigenvalue weighted by Gasteiger charge is 2.17. The number of amides is 1. The average molecular weight is 603 g/mol. The minimum absolute atomic E-state index is 0.00102. The third kappa shape index (κ3) is 7.78. The number of nitrogens with zero attached hydrogens (tertiary/aromatic N) is 1. The van der Waals surface area contributed by atoms with E-state index in [-0.39, 0.29) is 18.1 Å². The van der Waals surface area contributed by atoms with Gasteiger partial charge < -0.3 is 18.9 Å². The van der Waals surface area contributed by atoms with E-state index in [4.69, 9.17) is 18.9 Å². The molecule has 0 aliphatic rings. The molecule has 1 N–H and O–H groups in total. The van der Waals surface area contributed by atoms with Crippen molar-refractivity contribution in [1.82, 2.24) is 5.43 Å². The first-order valence-corrected chi connectivity index (χ1v) is 12.7. The maximum atomic E-state index is 12.7. The molecule has 0 atom stereocenters. The molecule has 0 unspecified atom stereocenters. The Morgan fingerprint density at radius 1 is 0.775 bits per heavy atom. The number of hydrogen-bond donors (Lipinski definition) is 1. The Labute approximate surface area is 238 Å². The van der Waals surface area contributed by atoms with E-state index >= 15 is 0 Å². The quantitative estimate of drug-likeness (QED) is 0.111. The summed E-state index contributed by atoms with van der Waals surface area (Å²) in [6.45, 7) is -0.281. The molecule has 4 aromatic carbocycles. The summed E-state index contributed by atoms with van der Waals surface area (Å²) in [5.74, 6) is -0.605. The van der Waals surface area contributed by atoms with Gasteiger partial charge in [-0.15, -0.1) is 0 Å². The molecular formula is C30H23BrN2O7. The highest BCUT2D eigenvalue weighted by molar-refractivity contribution is 9.10. The number of rotatable bonds is 10. The monoisotopic (exact) mass is 602 g/mol. The third-order valence-electron chi connectivity index (χ3n) is 5.29. The molecular weight excluding hydrogens is 580 g/mol. The van der Waals surface area contributed by atoms with Crippen LogP contribution in [-0.4, -0.2) is 37.8 Å². The van der Waals surface area contributed by atoms with E-state index in [1.165, 1.54) is 18.3 Å². The Hall–Kier alpha value is -4.96. The predicted molar refractivity (Wildman–Crippen MR) is 151 cm³/mol. The highest BCUT2D eigenvalue weighted by atomic mass is 79.9. The highest BCUT2D eigenvalue weighted by Crippen LogP contribution is 2.30. The zero-order valence-electron chi connectivity index (χ0n) is 21.2. The predicted octanol–water partition coefficient (Wildman–Crippen LogP) is 5.43. The molecule has 0 heterocycles. The van der Waals surface area contributed by atoms with Gasteiger partial charge in [0, 0.05) is 0 Å². The van der Waals surface area contributed by atoms with Gasteiger partial charge in [-0.1, -0.05) is 36.4 Å². The number of methoxy groups -OCH3 is 1. The Kier molecular flexibility index (Phi) is 9.62. The standard InChI is InChI=1S/C30H23BrN2O7/c1-37-23-13-15-25(24(31)17-23)38-19-28(34)33-32-18-20-12-14-26(39-29(35)21-8-4-2-5-9-21)27(16-20)40-30(36)22-10-6-3-7-11-22/h2-18H,19H2,1H3,(H,33,34). The summed E-state index contributed by atoms with van der Waals surface area (Å²) in [6.07, 6.45) is 1.35. The average Bonchev–Trinajstić information content (AvgIpc) is 2.98. The molecule has 0 saturated carbocycles. The number of hydrogen-bond acceptors (Lipinski definition) is 8. The molecule has 0 saturated heterocycles. The molecule has 0 spiro atoms. The van der Waals surface area contributed by atoms with E-state index in [9.17, 15) is 14.4 Å². The summed E-state index contributed by atoms with van der Waals surface area (Å²) in [6, 6.07) is 26.4. The minimum Gasteiger partial charge on any atom is -0.497 e. The summed E-state index contributed by atoms with van der Waals surface area (Å²) in [4.78, 5) is 37.5. The van der Waals surface area contributed by atoms with E-state index in [2.05, 4.69) is 26.5 Å². The van der Waals surface area contributed by atoms with Crippen LogP contribution >= 0.6 is 15.9 Å². The zero-order valence-corrected chi connectivity index (χ0v) is 22.8. The Morgan fingerprint density at radius 2 is 1.38 bits per heavy atom. The van der Waals surface area contributed by atoms with Gasteiger partial charge in [-0.05, 0) is 82.2 Å². The van der Waals surface area contributed by atoms with Crippen LogP contribution in [0.15, 0.2) is 107 Å². The number of benzene rings is 4. The number of halogens is 1. The fraction of sp³-hybridized carbons (Fsp3) is 0.0667. The van der Waals surface area contributed by atoms with Gasteiger partial charge in [0.15, 0.2) is 18.1 Å². The molecule has 9 nitrogen and oxygen atoms in total. The smallest absolute Gasteiger partial charge is 0.343 e. The molecule has 0 aromatic heterocycles. The lowest BCUT2D eigenvalue weighted by Gasteiger charge is -2.11. The van der Waals surface area contributed by atoms with Crippen molar-refractivity contribution in [2.24, 2.45) is 5.10 Å². The minimum atomic E-state index is -0.637. The van der Waals surface area contributed by atoms with Crippen molar-refractivity contribution in [2.45, 2.75) is 0 Å². The van der Waals surface area contributed by atoms with Crippen molar-refractivity contribution >= 4 is 40.0 Å². The number of nitrogens with one attached hydrogen (secondary N) is 1. The van der Waals surface area contributed by atoms with Crippen LogP contribution in [0.1, 0.15) is 26.3 Å². The van der Waals surface area contributed by atoms with E-state index in [0.717, 1.165) is 0 Å². The van der Waals surface area contributed by atoms with Crippen LogP contribution in [0.3, 0.4) is 0 Å². The number of ether oxygens (including phenoxy) is 4. The Morgan fingerprint density at radius 3 is 1.98 bits per heavy atom. The summed E-state index contributed by atoms with van der Waals surface area (Å²) in [5, 5.41) is 3.94. The molecule has 4 aromatic rings. The van der Waals surface area contributed by atoms with Gasteiger partial charge in [0.2, 0.25) is 0 Å². The molecule has 40 heavy (non-hydrogen) atoms. The first-order valence-electron chi connectivity index (χ1n) is 11.9. The molecule has 1 amide bonds. The summed E-state index contributed by atoms with van der Waals surface area (Å²) >= 11 is 3.36. The van der Waals surface area contributed by atoms with Gasteiger partial charge in [-0.2, -0.15) is 5.10 Å². The van der Waals surface area contributed by atoms with E-state index in [1.54, 1.807) is 92.0 Å². The van der Waals surface area contributed by atoms with Gasteiger partial charge in [0.1, 0.15) is 11.5 Å². The van der Waals surface area contributed by atoms with Crippen LogP contribution in [-0.2, 0) is 4.79 Å². The largest absolute Gasteiger partial charge is 0.497 e. The molecule has 0 aliphatic carbocycles. The van der Waals surface area contributed by atoms with E-state index in [1.807, 2.05) is 0 Å². The van der Waals surface area contributed by atoms with Crippen LogP contribution in [0, 0.1) is 0 Å². The summed E-state index contributed by atoms with van der Waals surface area (Å²) in [7, 11) is 1.55. The topological polar surface area (TPSA) is 113 Å². The van der Waals surface area contributed by atoms with Crippen molar-refractivity contribution in [3.05, 3.63) is 118 Å². The van der Waals surface area contributed by atoms with Crippen LogP contribution in [0.2, 0.25) is 0 Å². The molecule has 0 fully saturated rings. The van der Waals surface area contributed by atoms with Crippen LogP contribution in [0.25, 0.3) is 0 Å². The first-order chi connectivity index (χ1) is 19.4. The third-order valence-corrected chi connectivity index (χ3v) is 5.91. The van der Waals surface area contributed by atoms with Gasteiger partial charge in [-0.25, -0.2) is 15.0 Å². The molecule has 10 heteroatoms. The lowest BCUT2D eigenvalue weighted by atomic mass is 10.2. The van der Waals surface area contributed by atoms with Crippen molar-refractivity contribution in [1.29, 1.82) is 0 Å². The van der Waals surface area contributed by atoms with E-state index < -0.39 is 17.8 Å². The second-order valence-electron chi connectivity index (χ2n) is 8.10. The molecule has 202 valence electrons. The van der Waals surface area contributed by atoms with Gasteiger partial charge >= 0.3 is 11.9 Å². The summed E-state index contributed by atoms with van der Waals surface area (Å²) in [5.41, 5.74) is 3.49. The van der Waals surface area contributed by atoms with Crippen LogP contribution in [0.5, 0.6) is 23.0 Å². The first kappa shape index (κ1) is 28.1. The molecule has 0 radical (unpaired) electrons. The second kappa shape index (κ2) is 13.7. The van der Waals surface area contributed by atoms with Gasteiger partial charge in [-0.3, -0.25) is 4.79 Å². The Balaban J connectivity index is 1.44. The van der Waals surface area contributed by atoms with Crippen molar-refractivity contribution in [3.8, 4) is 23.0 Å². The number of esters is 2. The van der Waals surface area contributed by atoms with Crippen LogP contribution < -0.4 is 24.4 Å². The van der Waals surface area contributed by atoms with Gasteiger partial charge in [0.05, 0.1) is 28.9 Å². The fourth-order valence-electron chi connectivity index (χ4n) is 3.32. The maximum absolute atomic E-state index is 12.7. The van der Waals surface area contributed by atoms with Crippen molar-refractivity contribution < 1.29 is 33.3 Å². The molecule has 4 rings (SSSR count). The lowest BCUT2D eigenvalue weighted by Crippen LogP contribution is -2.24. The fourth-order valence-corrected chi connectivity index (χ4v) is 3.79. The van der Waals surface area contributed by atoms with Crippen molar-refractivity contribution in [2.75, 3.05) is 13.7 Å². The Bertz CT molecular complexity index is 1530. The maximum Gasteiger partial charge on any atom is 0.343 e. The van der Waals surface area contributed by atoms with Crippen LogP contribution in [0.4, 0.5) is 0 Å². The summed E-state index contributed by atoms with van der Waals surface area (Å²) < 4.78 is 22.3. The SMILES string of the molecule is COc1ccc(OCC(=O)NN=Cc2ccc(OC(=O)c3ccccc3)c(OC(=O)c3ccccc3)c2)c(Br)c1. The van der Waals surface area contributed by atoms with E-state index in [0.29, 0.717) is 32.7 Å². The zero-order chi connectivity index (χ0) is 28.3. The number of hydrazone groups is 1.